The number of hydrogen-bond acceptors (Lipinski definition) is 3. The number of ketones is 1. The van der Waals surface area contributed by atoms with E-state index in [1.54, 1.807) is 19.2 Å². The first-order chi connectivity index (χ1) is 8.93. The lowest BCUT2D eigenvalue weighted by Crippen LogP contribution is -2.57. The normalized spacial score (nSPS) is 18.1. The molecule has 6 heteroatoms. The SMILES string of the molecule is CC1(F)CN(CCn2cccc(C(=O)C[OH2+])c2=O)C1. The van der Waals surface area contributed by atoms with Crippen molar-refractivity contribution in [1.82, 2.24) is 9.47 Å². The molecule has 0 amide bonds. The van der Waals surface area contributed by atoms with Crippen molar-refractivity contribution in [1.29, 1.82) is 0 Å². The molecule has 0 radical (unpaired) electrons. The first kappa shape index (κ1) is 13.9. The Hall–Kier alpha value is -1.53. The second kappa shape index (κ2) is 5.22. The van der Waals surface area contributed by atoms with E-state index in [9.17, 15) is 14.0 Å². The molecular weight excluding hydrogens is 251 g/mol. The molecular formula is C13H18FN2O3+. The van der Waals surface area contributed by atoms with Gasteiger partial charge in [0.25, 0.3) is 5.56 Å². The highest BCUT2D eigenvalue weighted by molar-refractivity contribution is 5.96. The van der Waals surface area contributed by atoms with E-state index in [0.29, 0.717) is 26.2 Å². The molecule has 0 saturated carbocycles. The summed E-state index contributed by atoms with van der Waals surface area (Å²) in [6.45, 7) is 2.90. The van der Waals surface area contributed by atoms with Crippen LogP contribution in [0, 0.1) is 0 Å². The van der Waals surface area contributed by atoms with Crippen LogP contribution in [-0.2, 0) is 6.54 Å². The second-order valence-electron chi connectivity index (χ2n) is 5.14. The van der Waals surface area contributed by atoms with Gasteiger partial charge in [-0.2, -0.15) is 0 Å². The fourth-order valence-corrected chi connectivity index (χ4v) is 2.31. The molecule has 1 aliphatic rings. The average Bonchev–Trinajstić information content (AvgIpc) is 2.34. The van der Waals surface area contributed by atoms with Crippen molar-refractivity contribution in [3.8, 4) is 0 Å². The minimum atomic E-state index is -1.12. The number of alkyl halides is 1. The van der Waals surface area contributed by atoms with Gasteiger partial charge in [-0.1, -0.05) is 0 Å². The summed E-state index contributed by atoms with van der Waals surface area (Å²) in [5.74, 6) is -0.473. The van der Waals surface area contributed by atoms with E-state index in [4.69, 9.17) is 5.11 Å². The molecule has 104 valence electrons. The Morgan fingerprint density at radius 1 is 1.47 bits per heavy atom. The third kappa shape index (κ3) is 3.08. The largest absolute Gasteiger partial charge is 0.439 e. The van der Waals surface area contributed by atoms with E-state index < -0.39 is 18.1 Å². The van der Waals surface area contributed by atoms with Gasteiger partial charge in [0.15, 0.2) is 0 Å². The van der Waals surface area contributed by atoms with Crippen molar-refractivity contribution < 1.29 is 14.3 Å². The Morgan fingerprint density at radius 2 is 2.16 bits per heavy atom. The first-order valence-corrected chi connectivity index (χ1v) is 6.21. The summed E-state index contributed by atoms with van der Waals surface area (Å²) in [4.78, 5) is 25.3. The molecule has 2 N–H and O–H groups in total. The molecule has 0 spiro atoms. The Bertz CT molecular complexity index is 531. The molecule has 2 rings (SSSR count). The molecule has 1 aliphatic heterocycles. The maximum Gasteiger partial charge on any atom is 0.261 e. The standard InChI is InChI=1S/C13H17FN2O3/c1-13(14)8-15(9-13)5-6-16-4-2-3-10(12(16)19)11(18)7-17/h2-4,17H,5-9H2,1H3/p+1. The van der Waals surface area contributed by atoms with Gasteiger partial charge in [-0.15, -0.1) is 0 Å². The lowest BCUT2D eigenvalue weighted by molar-refractivity contribution is -0.0189. The van der Waals surface area contributed by atoms with Gasteiger partial charge >= 0.3 is 0 Å². The van der Waals surface area contributed by atoms with Gasteiger partial charge in [-0.3, -0.25) is 14.5 Å². The van der Waals surface area contributed by atoms with Crippen molar-refractivity contribution in [3.05, 3.63) is 34.2 Å². The topological polar surface area (TPSA) is 65.2 Å². The third-order valence-electron chi connectivity index (χ3n) is 3.24. The zero-order chi connectivity index (χ0) is 14.0. The highest BCUT2D eigenvalue weighted by Crippen LogP contribution is 2.23. The van der Waals surface area contributed by atoms with Crippen molar-refractivity contribution in [2.75, 3.05) is 26.2 Å². The lowest BCUT2D eigenvalue weighted by Gasteiger charge is -2.42. The number of hydrogen-bond donors (Lipinski definition) is 0. The van der Waals surface area contributed by atoms with E-state index in [1.165, 1.54) is 10.6 Å². The number of Topliss-reactive ketones (excluding diaryl/α,β-unsaturated/α-hetero) is 1. The summed E-state index contributed by atoms with van der Waals surface area (Å²) in [6.07, 6.45) is 1.61. The average molecular weight is 269 g/mol. The minimum absolute atomic E-state index is 0.0523. The molecule has 19 heavy (non-hydrogen) atoms. The molecule has 0 aliphatic carbocycles. The number of likely N-dealkylation sites (tertiary alicyclic amines) is 1. The molecule has 1 saturated heterocycles. The molecule has 0 unspecified atom stereocenters. The Morgan fingerprint density at radius 3 is 2.74 bits per heavy atom. The Kier molecular flexibility index (Phi) is 3.82. The second-order valence-corrected chi connectivity index (χ2v) is 5.14. The molecule has 1 aromatic heterocycles. The zero-order valence-electron chi connectivity index (χ0n) is 10.9. The highest BCUT2D eigenvalue weighted by atomic mass is 19.1. The first-order valence-electron chi connectivity index (χ1n) is 6.21. The van der Waals surface area contributed by atoms with Crippen molar-refractivity contribution >= 4 is 5.78 Å². The van der Waals surface area contributed by atoms with Gasteiger partial charge in [0.1, 0.15) is 5.67 Å². The summed E-state index contributed by atoms with van der Waals surface area (Å²) < 4.78 is 14.7. The zero-order valence-corrected chi connectivity index (χ0v) is 10.9. The van der Waals surface area contributed by atoms with Crippen LogP contribution in [0.3, 0.4) is 0 Å². The Balaban J connectivity index is 2.02. The highest BCUT2D eigenvalue weighted by Gasteiger charge is 2.38. The quantitative estimate of drug-likeness (QED) is 0.549. The summed E-state index contributed by atoms with van der Waals surface area (Å²) in [7, 11) is 0. The fraction of sp³-hybridized carbons (Fsp3) is 0.538. The summed E-state index contributed by atoms with van der Waals surface area (Å²) in [5.41, 5.74) is -1.44. The predicted octanol–water partition coefficient (Wildman–Crippen LogP) is -0.201. The number of pyridine rings is 1. The number of carbonyl (C=O) groups is 1. The third-order valence-corrected chi connectivity index (χ3v) is 3.24. The molecule has 1 fully saturated rings. The van der Waals surface area contributed by atoms with Gasteiger partial charge in [0, 0.05) is 32.4 Å². The van der Waals surface area contributed by atoms with E-state index in [2.05, 4.69) is 0 Å². The lowest BCUT2D eigenvalue weighted by atomic mass is 9.99. The van der Waals surface area contributed by atoms with Crippen LogP contribution in [0.1, 0.15) is 17.3 Å². The van der Waals surface area contributed by atoms with Crippen LogP contribution in [-0.4, -0.2) is 52.3 Å². The van der Waals surface area contributed by atoms with Crippen molar-refractivity contribution in [2.24, 2.45) is 0 Å². The smallest absolute Gasteiger partial charge is 0.261 e. The number of halogens is 1. The molecule has 0 atom stereocenters. The van der Waals surface area contributed by atoms with Crippen LogP contribution in [0.5, 0.6) is 0 Å². The number of nitrogens with zero attached hydrogens (tertiary/aromatic N) is 2. The van der Waals surface area contributed by atoms with Crippen LogP contribution < -0.4 is 5.56 Å². The van der Waals surface area contributed by atoms with Gasteiger partial charge in [-0.05, 0) is 19.1 Å². The van der Waals surface area contributed by atoms with E-state index >= 15 is 0 Å². The van der Waals surface area contributed by atoms with E-state index in [1.807, 2.05) is 4.90 Å². The fourth-order valence-electron chi connectivity index (χ4n) is 2.31. The molecule has 1 aromatic rings. The molecule has 0 bridgehead atoms. The maximum absolute atomic E-state index is 13.3. The summed E-state index contributed by atoms with van der Waals surface area (Å²) in [5, 5.41) is 7.02. The number of aromatic nitrogens is 1. The number of rotatable bonds is 5. The van der Waals surface area contributed by atoms with Crippen molar-refractivity contribution in [2.45, 2.75) is 19.1 Å². The van der Waals surface area contributed by atoms with E-state index in [-0.39, 0.29) is 11.1 Å². The van der Waals surface area contributed by atoms with Crippen LogP contribution in [0.15, 0.2) is 23.1 Å². The monoisotopic (exact) mass is 269 g/mol. The minimum Gasteiger partial charge on any atom is -0.439 e. The Labute approximate surface area is 110 Å². The summed E-state index contributed by atoms with van der Waals surface area (Å²) in [6, 6.07) is 3.07. The van der Waals surface area contributed by atoms with Gasteiger partial charge in [-0.25, -0.2) is 4.39 Å². The van der Waals surface area contributed by atoms with Crippen LogP contribution in [0.2, 0.25) is 0 Å². The van der Waals surface area contributed by atoms with Crippen molar-refractivity contribution in [3.63, 3.8) is 0 Å². The maximum atomic E-state index is 13.3. The molecule has 5 nitrogen and oxygen atoms in total. The van der Waals surface area contributed by atoms with Crippen LogP contribution in [0.25, 0.3) is 0 Å². The van der Waals surface area contributed by atoms with Gasteiger partial charge in [0.05, 0.1) is 5.56 Å². The van der Waals surface area contributed by atoms with E-state index in [0.717, 1.165) is 0 Å². The van der Waals surface area contributed by atoms with Gasteiger partial charge in [0.2, 0.25) is 12.4 Å². The predicted molar refractivity (Wildman–Crippen MR) is 69.5 cm³/mol. The summed E-state index contributed by atoms with van der Waals surface area (Å²) >= 11 is 0. The molecule has 0 aromatic carbocycles. The van der Waals surface area contributed by atoms with Crippen LogP contribution >= 0.6 is 0 Å². The number of carbonyl (C=O) groups excluding carboxylic acids is 1. The molecule has 2 heterocycles. The van der Waals surface area contributed by atoms with Crippen LogP contribution in [0.4, 0.5) is 4.39 Å². The van der Waals surface area contributed by atoms with Gasteiger partial charge < -0.3 is 9.67 Å².